The van der Waals surface area contributed by atoms with Crippen molar-refractivity contribution in [1.82, 2.24) is 10.1 Å². The monoisotopic (exact) mass is 251 g/mol. The lowest BCUT2D eigenvalue weighted by Crippen LogP contribution is -2.31. The molecule has 0 saturated heterocycles. The Bertz CT molecular complexity index is 403. The summed E-state index contributed by atoms with van der Waals surface area (Å²) in [5.41, 5.74) is 6.14. The van der Waals surface area contributed by atoms with Gasteiger partial charge in [-0.2, -0.15) is 4.98 Å². The summed E-state index contributed by atoms with van der Waals surface area (Å²) in [4.78, 5) is 4.53. The Hall–Kier alpha value is -0.940. The highest BCUT2D eigenvalue weighted by Crippen LogP contribution is 2.42. The van der Waals surface area contributed by atoms with Crippen molar-refractivity contribution >= 4 is 0 Å². The van der Waals surface area contributed by atoms with E-state index in [0.717, 1.165) is 12.8 Å². The molecule has 2 aliphatic rings. The van der Waals surface area contributed by atoms with Crippen molar-refractivity contribution in [3.63, 3.8) is 0 Å². The molecule has 0 radical (unpaired) electrons. The van der Waals surface area contributed by atoms with Gasteiger partial charge in [-0.05, 0) is 31.6 Å². The van der Waals surface area contributed by atoms with Crippen LogP contribution in [-0.2, 0) is 4.74 Å². The van der Waals surface area contributed by atoms with E-state index < -0.39 is 0 Å². The van der Waals surface area contributed by atoms with Crippen molar-refractivity contribution in [2.45, 2.75) is 56.6 Å². The molecule has 1 aromatic heterocycles. The smallest absolute Gasteiger partial charge is 0.231 e. The van der Waals surface area contributed by atoms with E-state index in [1.54, 1.807) is 7.11 Å². The van der Waals surface area contributed by atoms with Gasteiger partial charge in [0.1, 0.15) is 6.10 Å². The van der Waals surface area contributed by atoms with Crippen molar-refractivity contribution in [3.05, 3.63) is 11.7 Å². The van der Waals surface area contributed by atoms with E-state index in [1.807, 2.05) is 0 Å². The number of nitrogens with two attached hydrogens (primary N) is 1. The first-order valence-corrected chi connectivity index (χ1v) is 6.91. The predicted molar refractivity (Wildman–Crippen MR) is 66.0 cm³/mol. The van der Waals surface area contributed by atoms with Crippen molar-refractivity contribution in [2.75, 3.05) is 7.11 Å². The number of ether oxygens (including phenoxy) is 1. The van der Waals surface area contributed by atoms with E-state index in [2.05, 4.69) is 10.1 Å². The molecule has 18 heavy (non-hydrogen) atoms. The average molecular weight is 251 g/mol. The molecule has 5 heteroatoms. The van der Waals surface area contributed by atoms with Crippen molar-refractivity contribution in [1.29, 1.82) is 0 Å². The van der Waals surface area contributed by atoms with Crippen molar-refractivity contribution in [3.8, 4) is 0 Å². The molecule has 0 amide bonds. The van der Waals surface area contributed by atoms with Crippen LogP contribution in [-0.4, -0.2) is 23.3 Å². The number of rotatable bonds is 4. The third-order valence-electron chi connectivity index (χ3n) is 4.15. The number of hydrogen-bond donors (Lipinski definition) is 1. The summed E-state index contributed by atoms with van der Waals surface area (Å²) in [5, 5.41) is 4.09. The maximum atomic E-state index is 6.14. The number of methoxy groups -OCH3 is 1. The van der Waals surface area contributed by atoms with Crippen molar-refractivity contribution < 1.29 is 9.26 Å². The lowest BCUT2D eigenvalue weighted by atomic mass is 9.85. The summed E-state index contributed by atoms with van der Waals surface area (Å²) in [5.74, 6) is 2.21. The van der Waals surface area contributed by atoms with Crippen LogP contribution in [0.25, 0.3) is 0 Å². The van der Waals surface area contributed by atoms with E-state index in [9.17, 15) is 0 Å². The molecule has 0 spiro atoms. The highest BCUT2D eigenvalue weighted by molar-refractivity contribution is 5.04. The number of hydrogen-bond acceptors (Lipinski definition) is 5. The van der Waals surface area contributed by atoms with Crippen LogP contribution in [0.1, 0.15) is 62.3 Å². The van der Waals surface area contributed by atoms with Crippen LogP contribution in [0.2, 0.25) is 0 Å². The van der Waals surface area contributed by atoms with Crippen LogP contribution in [0, 0.1) is 5.92 Å². The molecule has 5 nitrogen and oxygen atoms in total. The van der Waals surface area contributed by atoms with Gasteiger partial charge in [0.2, 0.25) is 11.7 Å². The van der Waals surface area contributed by atoms with Crippen LogP contribution >= 0.6 is 0 Å². The maximum Gasteiger partial charge on any atom is 0.231 e. The molecule has 100 valence electrons. The fraction of sp³-hybridized carbons (Fsp3) is 0.846. The zero-order valence-corrected chi connectivity index (χ0v) is 10.8. The molecule has 1 aromatic rings. The highest BCUT2D eigenvalue weighted by atomic mass is 16.5. The van der Waals surface area contributed by atoms with E-state index in [1.165, 1.54) is 25.7 Å². The molecule has 2 N–H and O–H groups in total. The first kappa shape index (κ1) is 12.1. The molecular formula is C13H21N3O2. The van der Waals surface area contributed by atoms with E-state index in [-0.39, 0.29) is 18.1 Å². The summed E-state index contributed by atoms with van der Waals surface area (Å²) in [6.45, 7) is 0. The van der Waals surface area contributed by atoms with E-state index in [0.29, 0.717) is 17.6 Å². The molecule has 2 saturated carbocycles. The SMILES string of the molecule is COC(c1noc(C2CCCCC2N)n1)C1CC1. The molecular weight excluding hydrogens is 230 g/mol. The Morgan fingerprint density at radius 3 is 2.72 bits per heavy atom. The van der Waals surface area contributed by atoms with Gasteiger partial charge in [-0.1, -0.05) is 18.0 Å². The standard InChI is InChI=1S/C13H21N3O2/c1-17-11(8-6-7-8)12-15-13(18-16-12)9-4-2-3-5-10(9)14/h8-11H,2-7,14H2,1H3. The third kappa shape index (κ3) is 2.29. The van der Waals surface area contributed by atoms with Crippen LogP contribution in [0.15, 0.2) is 4.52 Å². The predicted octanol–water partition coefficient (Wildman–Crippen LogP) is 2.15. The van der Waals surface area contributed by atoms with Gasteiger partial charge in [0.25, 0.3) is 0 Å². The fourth-order valence-electron chi connectivity index (χ4n) is 2.89. The van der Waals surface area contributed by atoms with Gasteiger partial charge >= 0.3 is 0 Å². The molecule has 1 heterocycles. The largest absolute Gasteiger partial charge is 0.373 e. The first-order valence-electron chi connectivity index (χ1n) is 6.91. The lowest BCUT2D eigenvalue weighted by Gasteiger charge is -2.25. The molecule has 0 bridgehead atoms. The summed E-state index contributed by atoms with van der Waals surface area (Å²) in [7, 11) is 1.71. The zero-order chi connectivity index (χ0) is 12.5. The van der Waals surface area contributed by atoms with Gasteiger partial charge in [-0.15, -0.1) is 0 Å². The second kappa shape index (κ2) is 4.97. The molecule has 2 aliphatic carbocycles. The Balaban J connectivity index is 1.75. The van der Waals surface area contributed by atoms with E-state index >= 15 is 0 Å². The summed E-state index contributed by atoms with van der Waals surface area (Å²) in [6, 6.07) is 0.161. The maximum absolute atomic E-state index is 6.14. The fourth-order valence-corrected chi connectivity index (χ4v) is 2.89. The van der Waals surface area contributed by atoms with Gasteiger partial charge < -0.3 is 15.0 Å². The molecule has 2 fully saturated rings. The summed E-state index contributed by atoms with van der Waals surface area (Å²) < 4.78 is 10.9. The average Bonchev–Trinajstić information content (AvgIpc) is 3.09. The Morgan fingerprint density at radius 2 is 2.06 bits per heavy atom. The molecule has 3 rings (SSSR count). The highest BCUT2D eigenvalue weighted by Gasteiger charge is 2.37. The third-order valence-corrected chi connectivity index (χ3v) is 4.15. The zero-order valence-electron chi connectivity index (χ0n) is 10.8. The summed E-state index contributed by atoms with van der Waals surface area (Å²) >= 11 is 0. The number of nitrogens with zero attached hydrogens (tertiary/aromatic N) is 2. The topological polar surface area (TPSA) is 74.2 Å². The normalized spacial score (nSPS) is 30.3. The van der Waals surface area contributed by atoms with Gasteiger partial charge in [-0.25, -0.2) is 0 Å². The first-order chi connectivity index (χ1) is 8.79. The lowest BCUT2D eigenvalue weighted by molar-refractivity contribution is 0.0751. The van der Waals surface area contributed by atoms with Gasteiger partial charge in [0.15, 0.2) is 0 Å². The van der Waals surface area contributed by atoms with Crippen LogP contribution < -0.4 is 5.73 Å². The molecule has 3 atom stereocenters. The van der Waals surface area contributed by atoms with Crippen molar-refractivity contribution in [2.24, 2.45) is 11.7 Å². The van der Waals surface area contributed by atoms with E-state index in [4.69, 9.17) is 15.0 Å². The molecule has 0 aromatic carbocycles. The molecule has 0 aliphatic heterocycles. The quantitative estimate of drug-likeness (QED) is 0.887. The van der Waals surface area contributed by atoms with Gasteiger partial charge in [0, 0.05) is 13.2 Å². The van der Waals surface area contributed by atoms with Crippen LogP contribution in [0.4, 0.5) is 0 Å². The minimum atomic E-state index is 0.00214. The number of aromatic nitrogens is 2. The van der Waals surface area contributed by atoms with Gasteiger partial charge in [-0.3, -0.25) is 0 Å². The minimum absolute atomic E-state index is 0.00214. The van der Waals surface area contributed by atoms with Crippen LogP contribution in [0.3, 0.4) is 0 Å². The minimum Gasteiger partial charge on any atom is -0.373 e. The second-order valence-corrected chi connectivity index (χ2v) is 5.54. The summed E-state index contributed by atoms with van der Waals surface area (Å²) in [6.07, 6.45) is 6.93. The molecule has 3 unspecified atom stereocenters. The second-order valence-electron chi connectivity index (χ2n) is 5.54. The Morgan fingerprint density at radius 1 is 1.28 bits per heavy atom. The Kier molecular flexibility index (Phi) is 3.35. The van der Waals surface area contributed by atoms with Gasteiger partial charge in [0.05, 0.1) is 5.92 Å². The van der Waals surface area contributed by atoms with Crippen LogP contribution in [0.5, 0.6) is 0 Å². The Labute approximate surface area is 107 Å².